The molecule has 0 radical (unpaired) electrons. The Morgan fingerprint density at radius 1 is 1.56 bits per heavy atom. The molecular formula is C12H19N3O. The van der Waals surface area contributed by atoms with Crippen molar-refractivity contribution < 1.29 is 4.74 Å². The Morgan fingerprint density at radius 2 is 2.31 bits per heavy atom. The Morgan fingerprint density at radius 3 is 2.88 bits per heavy atom. The van der Waals surface area contributed by atoms with Crippen LogP contribution in [0.3, 0.4) is 0 Å². The van der Waals surface area contributed by atoms with Gasteiger partial charge in [0.25, 0.3) is 0 Å². The average Bonchev–Trinajstić information content (AvgIpc) is 2.66. The van der Waals surface area contributed by atoms with Crippen molar-refractivity contribution in [3.8, 4) is 18.1 Å². The SMILES string of the molecule is C#CCNCC(C)Oc1cnn(C(C)C)c1. The van der Waals surface area contributed by atoms with Gasteiger partial charge in [0.15, 0.2) is 5.75 Å². The maximum absolute atomic E-state index is 5.68. The summed E-state index contributed by atoms with van der Waals surface area (Å²) in [5.41, 5.74) is 0. The minimum absolute atomic E-state index is 0.0816. The molecule has 0 amide bonds. The molecule has 4 nitrogen and oxygen atoms in total. The van der Waals surface area contributed by atoms with E-state index in [1.807, 2.05) is 17.8 Å². The fourth-order valence-electron chi connectivity index (χ4n) is 1.29. The molecule has 0 aliphatic carbocycles. The molecule has 0 aromatic carbocycles. The van der Waals surface area contributed by atoms with Crippen LogP contribution in [0.15, 0.2) is 12.4 Å². The van der Waals surface area contributed by atoms with Crippen LogP contribution >= 0.6 is 0 Å². The number of hydrogen-bond donors (Lipinski definition) is 1. The predicted octanol–water partition coefficient (Wildman–Crippen LogP) is 1.45. The van der Waals surface area contributed by atoms with Gasteiger partial charge in [0.05, 0.1) is 18.9 Å². The van der Waals surface area contributed by atoms with Crippen molar-refractivity contribution in [3.63, 3.8) is 0 Å². The molecule has 1 atom stereocenters. The quantitative estimate of drug-likeness (QED) is 0.584. The number of nitrogens with zero attached hydrogens (tertiary/aromatic N) is 2. The summed E-state index contributed by atoms with van der Waals surface area (Å²) in [4.78, 5) is 0. The van der Waals surface area contributed by atoms with E-state index in [0.29, 0.717) is 12.6 Å². The second-order valence-electron chi connectivity index (χ2n) is 4.01. The van der Waals surface area contributed by atoms with Crippen LogP contribution in [0.25, 0.3) is 0 Å². The molecule has 1 heterocycles. The van der Waals surface area contributed by atoms with Crippen molar-refractivity contribution in [1.82, 2.24) is 15.1 Å². The topological polar surface area (TPSA) is 39.1 Å². The molecule has 1 N–H and O–H groups in total. The molecule has 1 aromatic rings. The number of hydrogen-bond acceptors (Lipinski definition) is 3. The lowest BCUT2D eigenvalue weighted by molar-refractivity contribution is 0.219. The van der Waals surface area contributed by atoms with Gasteiger partial charge in [0.2, 0.25) is 0 Å². The van der Waals surface area contributed by atoms with Gasteiger partial charge < -0.3 is 10.1 Å². The van der Waals surface area contributed by atoms with Crippen molar-refractivity contribution >= 4 is 0 Å². The van der Waals surface area contributed by atoms with Crippen molar-refractivity contribution in [2.24, 2.45) is 0 Å². The van der Waals surface area contributed by atoms with Gasteiger partial charge in [-0.1, -0.05) is 5.92 Å². The first-order chi connectivity index (χ1) is 7.63. The zero-order valence-corrected chi connectivity index (χ0v) is 10.1. The summed E-state index contributed by atoms with van der Waals surface area (Å²) in [5, 5.41) is 7.30. The summed E-state index contributed by atoms with van der Waals surface area (Å²) >= 11 is 0. The highest BCUT2D eigenvalue weighted by Gasteiger charge is 2.06. The third-order valence-corrected chi connectivity index (χ3v) is 2.10. The third kappa shape index (κ3) is 3.95. The van der Waals surface area contributed by atoms with E-state index in [1.165, 1.54) is 0 Å². The molecule has 4 heteroatoms. The molecule has 1 unspecified atom stereocenters. The van der Waals surface area contributed by atoms with Gasteiger partial charge in [-0.25, -0.2) is 0 Å². The van der Waals surface area contributed by atoms with Gasteiger partial charge in [0, 0.05) is 12.6 Å². The van der Waals surface area contributed by atoms with Gasteiger partial charge in [-0.05, 0) is 20.8 Å². The van der Waals surface area contributed by atoms with Crippen molar-refractivity contribution in [2.45, 2.75) is 32.9 Å². The summed E-state index contributed by atoms with van der Waals surface area (Å²) in [6.45, 7) is 7.45. The summed E-state index contributed by atoms with van der Waals surface area (Å²) in [6, 6.07) is 0.354. The first-order valence-electron chi connectivity index (χ1n) is 5.48. The normalized spacial score (nSPS) is 12.4. The van der Waals surface area contributed by atoms with Crippen molar-refractivity contribution in [2.75, 3.05) is 13.1 Å². The van der Waals surface area contributed by atoms with E-state index < -0.39 is 0 Å². The van der Waals surface area contributed by atoms with Gasteiger partial charge in [0.1, 0.15) is 6.10 Å². The van der Waals surface area contributed by atoms with E-state index in [2.05, 4.69) is 30.2 Å². The molecule has 1 rings (SSSR count). The lowest BCUT2D eigenvalue weighted by Crippen LogP contribution is -2.29. The first-order valence-corrected chi connectivity index (χ1v) is 5.48. The summed E-state index contributed by atoms with van der Waals surface area (Å²) in [5.74, 6) is 3.32. The van der Waals surface area contributed by atoms with Crippen LogP contribution in [0.5, 0.6) is 5.75 Å². The third-order valence-electron chi connectivity index (χ3n) is 2.10. The Bertz CT molecular complexity index is 351. The second kappa shape index (κ2) is 6.19. The number of aromatic nitrogens is 2. The van der Waals surface area contributed by atoms with E-state index in [0.717, 1.165) is 12.3 Å². The smallest absolute Gasteiger partial charge is 0.157 e. The molecule has 0 aliphatic rings. The lowest BCUT2D eigenvalue weighted by atomic mass is 10.4. The van der Waals surface area contributed by atoms with Gasteiger partial charge in [-0.15, -0.1) is 6.42 Å². The molecule has 16 heavy (non-hydrogen) atoms. The Kier molecular flexibility index (Phi) is 4.87. The van der Waals surface area contributed by atoms with Gasteiger partial charge in [-0.3, -0.25) is 4.68 Å². The number of rotatable bonds is 6. The van der Waals surface area contributed by atoms with E-state index in [9.17, 15) is 0 Å². The van der Waals surface area contributed by atoms with Crippen molar-refractivity contribution in [1.29, 1.82) is 0 Å². The van der Waals surface area contributed by atoms with Gasteiger partial charge >= 0.3 is 0 Å². The van der Waals surface area contributed by atoms with Crippen LogP contribution in [0.4, 0.5) is 0 Å². The molecule has 0 spiro atoms. The zero-order valence-electron chi connectivity index (χ0n) is 10.1. The van der Waals surface area contributed by atoms with Crippen LogP contribution < -0.4 is 10.1 Å². The fourth-order valence-corrected chi connectivity index (χ4v) is 1.29. The number of ether oxygens (including phenoxy) is 1. The first kappa shape index (κ1) is 12.6. The minimum atomic E-state index is 0.0816. The average molecular weight is 221 g/mol. The number of nitrogens with one attached hydrogen (secondary N) is 1. The zero-order chi connectivity index (χ0) is 12.0. The highest BCUT2D eigenvalue weighted by molar-refractivity contribution is 5.12. The maximum atomic E-state index is 5.68. The van der Waals surface area contributed by atoms with Crippen LogP contribution in [-0.2, 0) is 0 Å². The van der Waals surface area contributed by atoms with Crippen LogP contribution in [0.1, 0.15) is 26.8 Å². The van der Waals surface area contributed by atoms with Crippen LogP contribution in [0, 0.1) is 12.3 Å². The summed E-state index contributed by atoms with van der Waals surface area (Å²) in [7, 11) is 0. The van der Waals surface area contributed by atoms with E-state index >= 15 is 0 Å². The summed E-state index contributed by atoms with van der Waals surface area (Å²) in [6.07, 6.45) is 8.86. The van der Waals surface area contributed by atoms with Crippen molar-refractivity contribution in [3.05, 3.63) is 12.4 Å². The predicted molar refractivity (Wildman–Crippen MR) is 64.4 cm³/mol. The Labute approximate surface area is 97.0 Å². The molecule has 0 saturated carbocycles. The molecule has 0 aliphatic heterocycles. The molecule has 88 valence electrons. The molecule has 1 aromatic heterocycles. The molecule has 0 fully saturated rings. The largest absolute Gasteiger partial charge is 0.486 e. The molecule has 0 bridgehead atoms. The monoisotopic (exact) mass is 221 g/mol. The summed E-state index contributed by atoms with van der Waals surface area (Å²) < 4.78 is 7.55. The lowest BCUT2D eigenvalue weighted by Gasteiger charge is -2.12. The standard InChI is InChI=1S/C12H19N3O/c1-5-6-13-7-11(4)16-12-8-14-15(9-12)10(2)3/h1,8-11,13H,6-7H2,2-4H3. The van der Waals surface area contributed by atoms with E-state index in [-0.39, 0.29) is 6.10 Å². The van der Waals surface area contributed by atoms with E-state index in [4.69, 9.17) is 11.2 Å². The Hall–Kier alpha value is -1.47. The highest BCUT2D eigenvalue weighted by Crippen LogP contribution is 2.13. The Balaban J connectivity index is 2.38. The molecular weight excluding hydrogens is 202 g/mol. The van der Waals surface area contributed by atoms with Crippen LogP contribution in [0.2, 0.25) is 0 Å². The van der Waals surface area contributed by atoms with E-state index in [1.54, 1.807) is 6.20 Å². The highest BCUT2D eigenvalue weighted by atomic mass is 16.5. The second-order valence-corrected chi connectivity index (χ2v) is 4.01. The fraction of sp³-hybridized carbons (Fsp3) is 0.583. The molecule has 0 saturated heterocycles. The van der Waals surface area contributed by atoms with Gasteiger partial charge in [-0.2, -0.15) is 5.10 Å². The maximum Gasteiger partial charge on any atom is 0.157 e. The number of terminal acetylenes is 1. The minimum Gasteiger partial charge on any atom is -0.486 e. The van der Waals surface area contributed by atoms with Crippen LogP contribution in [-0.4, -0.2) is 29.0 Å².